The van der Waals surface area contributed by atoms with E-state index in [9.17, 15) is 14.4 Å². The maximum absolute atomic E-state index is 12.9. The van der Waals surface area contributed by atoms with Gasteiger partial charge in [-0.3, -0.25) is 14.4 Å². The van der Waals surface area contributed by atoms with E-state index in [4.69, 9.17) is 14.2 Å². The molecule has 0 N–H and O–H groups in total. The zero-order valence-corrected chi connectivity index (χ0v) is 53.0. The normalized spacial score (nSPS) is 12.9. The highest BCUT2D eigenvalue weighted by Gasteiger charge is 2.19. The molecular formula is C75H126O6. The van der Waals surface area contributed by atoms with Crippen molar-refractivity contribution in [2.45, 2.75) is 322 Å². The average molecular weight is 1120 g/mol. The quantitative estimate of drug-likeness (QED) is 0.0261. The Labute approximate surface area is 501 Å². The van der Waals surface area contributed by atoms with E-state index in [1.54, 1.807) is 0 Å². The maximum atomic E-state index is 12.9. The summed E-state index contributed by atoms with van der Waals surface area (Å²) in [6, 6.07) is 0. The summed E-state index contributed by atoms with van der Waals surface area (Å²) in [7, 11) is 0. The number of ether oxygens (including phenoxy) is 3. The first-order chi connectivity index (χ1) is 40.0. The summed E-state index contributed by atoms with van der Waals surface area (Å²) in [5.41, 5.74) is 0. The topological polar surface area (TPSA) is 78.9 Å². The number of unbranched alkanes of at least 4 members (excludes halogenated alkanes) is 30. The molecule has 6 heteroatoms. The van der Waals surface area contributed by atoms with Gasteiger partial charge < -0.3 is 14.2 Å². The number of allylic oxidation sites excluding steroid dienone is 20. The van der Waals surface area contributed by atoms with E-state index < -0.39 is 6.10 Å². The summed E-state index contributed by atoms with van der Waals surface area (Å²) >= 11 is 0. The Morgan fingerprint density at radius 2 is 0.481 bits per heavy atom. The van der Waals surface area contributed by atoms with Crippen molar-refractivity contribution in [2.75, 3.05) is 13.2 Å². The number of esters is 3. The zero-order valence-electron chi connectivity index (χ0n) is 53.0. The van der Waals surface area contributed by atoms with Crippen molar-refractivity contribution in [1.82, 2.24) is 0 Å². The Morgan fingerprint density at radius 1 is 0.259 bits per heavy atom. The second kappa shape index (κ2) is 68.3. The fourth-order valence-corrected chi connectivity index (χ4v) is 9.40. The number of carbonyl (C=O) groups excluding carboxylic acids is 3. The Hall–Kier alpha value is -4.19. The van der Waals surface area contributed by atoms with Crippen molar-refractivity contribution in [1.29, 1.82) is 0 Å². The van der Waals surface area contributed by atoms with Crippen molar-refractivity contribution in [3.8, 4) is 0 Å². The molecule has 81 heavy (non-hydrogen) atoms. The van der Waals surface area contributed by atoms with Crippen molar-refractivity contribution < 1.29 is 28.6 Å². The number of rotatable bonds is 61. The highest BCUT2D eigenvalue weighted by Crippen LogP contribution is 2.17. The Morgan fingerprint density at radius 3 is 0.765 bits per heavy atom. The van der Waals surface area contributed by atoms with E-state index in [-0.39, 0.29) is 31.1 Å². The second-order valence-electron chi connectivity index (χ2n) is 22.3. The standard InChI is InChI=1S/C75H126O6/c1-4-7-10-13-16-19-22-25-27-29-30-31-32-33-34-35-36-37-38-39-40-41-42-43-44-46-47-50-53-56-59-62-65-68-74(77)80-71-72(70-79-73(76)67-64-61-58-55-52-49-24-21-18-15-12-9-6-3)81-75(78)69-66-63-60-57-54-51-48-45-28-26-23-20-17-14-11-8-5-2/h8-9,11-12,17-18,20-22,25-26,28-30,32-33,48-49,51-52,72H,4-7,10,13-16,19,23-24,27,31,34-47,50,53-71H2,1-3H3/b11-8-,12-9-,20-17-,21-18-,25-22-,28-26-,30-29-,33-32-,51-48-,52-49-. The van der Waals surface area contributed by atoms with E-state index in [2.05, 4.69) is 142 Å². The monoisotopic (exact) mass is 1120 g/mol. The van der Waals surface area contributed by atoms with Crippen LogP contribution in [0.15, 0.2) is 122 Å². The molecule has 6 nitrogen and oxygen atoms in total. The van der Waals surface area contributed by atoms with Crippen LogP contribution in [0.1, 0.15) is 316 Å². The maximum Gasteiger partial charge on any atom is 0.306 e. The fourth-order valence-electron chi connectivity index (χ4n) is 9.40. The third-order valence-electron chi connectivity index (χ3n) is 14.4. The van der Waals surface area contributed by atoms with Gasteiger partial charge in [0, 0.05) is 19.3 Å². The lowest BCUT2D eigenvalue weighted by molar-refractivity contribution is -0.167. The first-order valence-corrected chi connectivity index (χ1v) is 34.0. The molecule has 0 aromatic rings. The molecule has 0 aliphatic heterocycles. The molecule has 1 unspecified atom stereocenters. The predicted molar refractivity (Wildman–Crippen MR) is 353 cm³/mol. The van der Waals surface area contributed by atoms with Gasteiger partial charge in [0.1, 0.15) is 13.2 Å². The van der Waals surface area contributed by atoms with Crippen LogP contribution in [0, 0.1) is 0 Å². The molecule has 0 radical (unpaired) electrons. The molecular weight excluding hydrogens is 997 g/mol. The highest BCUT2D eigenvalue weighted by atomic mass is 16.6. The van der Waals surface area contributed by atoms with Gasteiger partial charge in [-0.05, 0) is 128 Å². The van der Waals surface area contributed by atoms with E-state index in [1.807, 2.05) is 0 Å². The minimum Gasteiger partial charge on any atom is -0.462 e. The third kappa shape index (κ3) is 66.5. The highest BCUT2D eigenvalue weighted by molar-refractivity contribution is 5.71. The lowest BCUT2D eigenvalue weighted by Crippen LogP contribution is -2.30. The third-order valence-corrected chi connectivity index (χ3v) is 14.4. The van der Waals surface area contributed by atoms with Crippen molar-refractivity contribution in [2.24, 2.45) is 0 Å². The van der Waals surface area contributed by atoms with Crippen LogP contribution in [-0.2, 0) is 28.6 Å². The lowest BCUT2D eigenvalue weighted by atomic mass is 10.0. The molecule has 0 spiro atoms. The van der Waals surface area contributed by atoms with Crippen LogP contribution in [0.2, 0.25) is 0 Å². The van der Waals surface area contributed by atoms with Gasteiger partial charge in [-0.15, -0.1) is 0 Å². The zero-order chi connectivity index (χ0) is 58.5. The van der Waals surface area contributed by atoms with Crippen LogP contribution < -0.4 is 0 Å². The molecule has 0 aliphatic rings. The van der Waals surface area contributed by atoms with Gasteiger partial charge in [0.2, 0.25) is 0 Å². The Bertz CT molecular complexity index is 1670. The molecule has 0 bridgehead atoms. The fraction of sp³-hybridized carbons (Fsp3) is 0.693. The van der Waals surface area contributed by atoms with Crippen LogP contribution in [0.5, 0.6) is 0 Å². The number of hydrogen-bond donors (Lipinski definition) is 0. The number of carbonyl (C=O) groups is 3. The van der Waals surface area contributed by atoms with E-state index in [0.29, 0.717) is 19.3 Å². The van der Waals surface area contributed by atoms with E-state index in [1.165, 1.54) is 141 Å². The van der Waals surface area contributed by atoms with Crippen LogP contribution in [0.4, 0.5) is 0 Å². The van der Waals surface area contributed by atoms with Crippen LogP contribution >= 0.6 is 0 Å². The van der Waals surface area contributed by atoms with Crippen LogP contribution in [-0.4, -0.2) is 37.2 Å². The molecule has 0 aliphatic carbocycles. The van der Waals surface area contributed by atoms with Crippen LogP contribution in [0.25, 0.3) is 0 Å². The van der Waals surface area contributed by atoms with Gasteiger partial charge >= 0.3 is 17.9 Å². The summed E-state index contributed by atoms with van der Waals surface area (Å²) in [5.74, 6) is -0.946. The van der Waals surface area contributed by atoms with Crippen molar-refractivity contribution in [3.63, 3.8) is 0 Å². The minimum atomic E-state index is -0.806. The van der Waals surface area contributed by atoms with E-state index >= 15 is 0 Å². The van der Waals surface area contributed by atoms with E-state index in [0.717, 1.165) is 135 Å². The van der Waals surface area contributed by atoms with Crippen molar-refractivity contribution >= 4 is 17.9 Å². The Balaban J connectivity index is 4.21. The largest absolute Gasteiger partial charge is 0.462 e. The van der Waals surface area contributed by atoms with Gasteiger partial charge in [0.25, 0.3) is 0 Å². The molecule has 0 rings (SSSR count). The molecule has 0 aromatic heterocycles. The van der Waals surface area contributed by atoms with Gasteiger partial charge in [0.15, 0.2) is 6.10 Å². The molecule has 462 valence electrons. The Kier molecular flexibility index (Phi) is 64.8. The minimum absolute atomic E-state index is 0.0980. The summed E-state index contributed by atoms with van der Waals surface area (Å²) in [5, 5.41) is 0. The molecule has 0 saturated heterocycles. The second-order valence-corrected chi connectivity index (χ2v) is 22.3. The molecule has 1 atom stereocenters. The van der Waals surface area contributed by atoms with Gasteiger partial charge in [-0.25, -0.2) is 0 Å². The van der Waals surface area contributed by atoms with Crippen LogP contribution in [0.3, 0.4) is 0 Å². The summed E-state index contributed by atoms with van der Waals surface area (Å²) in [6.07, 6.45) is 95.2. The molecule has 0 saturated carbocycles. The van der Waals surface area contributed by atoms with Gasteiger partial charge in [-0.2, -0.15) is 0 Å². The van der Waals surface area contributed by atoms with Gasteiger partial charge in [-0.1, -0.05) is 290 Å². The number of hydrogen-bond acceptors (Lipinski definition) is 6. The lowest BCUT2D eigenvalue weighted by Gasteiger charge is -2.18. The van der Waals surface area contributed by atoms with Gasteiger partial charge in [0.05, 0.1) is 0 Å². The average Bonchev–Trinajstić information content (AvgIpc) is 3.46. The molecule has 0 heterocycles. The first-order valence-electron chi connectivity index (χ1n) is 34.0. The summed E-state index contributed by atoms with van der Waals surface area (Å²) in [4.78, 5) is 38.3. The summed E-state index contributed by atoms with van der Waals surface area (Å²) in [6.45, 7) is 6.37. The molecule has 0 fully saturated rings. The van der Waals surface area contributed by atoms with Crippen molar-refractivity contribution in [3.05, 3.63) is 122 Å². The first kappa shape index (κ1) is 76.8. The summed E-state index contributed by atoms with van der Waals surface area (Å²) < 4.78 is 16.9. The molecule has 0 aromatic carbocycles. The molecule has 0 amide bonds. The SMILES string of the molecule is CC/C=C\C/C=C\C/C=C\C/C=C\CCCCCCC(=O)OC(COC(=O)CCCCC/C=C\C/C=C\C/C=C\CC)COC(=O)CCCCCCCCCCCCCCCCCCCC/C=C\C/C=C\C/C=C\CCCCCCC. The predicted octanol–water partition coefficient (Wildman–Crippen LogP) is 23.6. The smallest absolute Gasteiger partial charge is 0.306 e.